The molecular formula is C22H28N2NiO2S2. The van der Waals surface area contributed by atoms with Crippen molar-refractivity contribution >= 4 is 37.7 Å². The summed E-state index contributed by atoms with van der Waals surface area (Å²) in [6, 6.07) is 14.3. The van der Waals surface area contributed by atoms with Crippen LogP contribution < -0.4 is 0 Å². The van der Waals surface area contributed by atoms with E-state index >= 15 is 0 Å². The second-order valence-electron chi connectivity index (χ2n) is 6.65. The number of aliphatic imine (C=N–C) groups is 2. The maximum Gasteiger partial charge on any atom is 0.124 e. The van der Waals surface area contributed by atoms with Gasteiger partial charge in [-0.2, -0.15) is 25.3 Å². The molecule has 0 fully saturated rings. The summed E-state index contributed by atoms with van der Waals surface area (Å²) in [5.41, 5.74) is 1.47. The fourth-order valence-corrected chi connectivity index (χ4v) is 3.17. The molecule has 7 heteroatoms. The third-order valence-electron chi connectivity index (χ3n) is 4.35. The minimum Gasteiger partial charge on any atom is -0.507 e. The second kappa shape index (κ2) is 14.5. The molecule has 0 spiro atoms. The first kappa shape index (κ1) is 25.6. The molecule has 0 aliphatic rings. The summed E-state index contributed by atoms with van der Waals surface area (Å²) in [7, 11) is 0. The molecule has 0 aliphatic heterocycles. The van der Waals surface area contributed by atoms with Crippen LogP contribution in [0, 0.1) is 0 Å². The van der Waals surface area contributed by atoms with Gasteiger partial charge in [0, 0.05) is 63.6 Å². The van der Waals surface area contributed by atoms with Crippen molar-refractivity contribution < 1.29 is 26.7 Å². The summed E-state index contributed by atoms with van der Waals surface area (Å²) in [4.78, 5) is 8.75. The van der Waals surface area contributed by atoms with E-state index in [0.29, 0.717) is 13.1 Å². The summed E-state index contributed by atoms with van der Waals surface area (Å²) in [6.45, 7) is 1.37. The smallest absolute Gasteiger partial charge is 0.124 e. The molecule has 2 aromatic rings. The van der Waals surface area contributed by atoms with Gasteiger partial charge in [-0.3, -0.25) is 9.98 Å². The van der Waals surface area contributed by atoms with Crippen LogP contribution in [0.4, 0.5) is 0 Å². The van der Waals surface area contributed by atoms with Crippen LogP contribution in [-0.4, -0.2) is 46.2 Å². The molecule has 0 radical (unpaired) electrons. The fourth-order valence-electron chi connectivity index (χ4n) is 2.64. The monoisotopic (exact) mass is 474 g/mol. The Morgan fingerprint density at radius 3 is 1.45 bits per heavy atom. The predicted octanol–water partition coefficient (Wildman–Crippen LogP) is 4.79. The van der Waals surface area contributed by atoms with Crippen molar-refractivity contribution in [3.05, 3.63) is 59.7 Å². The first-order valence-electron chi connectivity index (χ1n) is 9.48. The molecule has 0 heterocycles. The zero-order valence-electron chi connectivity index (χ0n) is 16.2. The van der Waals surface area contributed by atoms with Gasteiger partial charge in [-0.15, -0.1) is 0 Å². The number of hydrogen-bond acceptors (Lipinski definition) is 6. The van der Waals surface area contributed by atoms with Crippen LogP contribution in [0.5, 0.6) is 11.5 Å². The largest absolute Gasteiger partial charge is 0.507 e. The van der Waals surface area contributed by atoms with Crippen LogP contribution in [0.3, 0.4) is 0 Å². The number of hydrogen-bond donors (Lipinski definition) is 4. The molecule has 0 saturated carbocycles. The third kappa shape index (κ3) is 10.2. The van der Waals surface area contributed by atoms with Crippen molar-refractivity contribution in [3.63, 3.8) is 0 Å². The number of phenolic OH excluding ortho intramolecular Hbond substituents is 2. The van der Waals surface area contributed by atoms with Crippen molar-refractivity contribution in [2.45, 2.75) is 36.2 Å². The molecule has 2 aromatic carbocycles. The van der Waals surface area contributed by atoms with Gasteiger partial charge < -0.3 is 10.2 Å². The summed E-state index contributed by atoms with van der Waals surface area (Å²) >= 11 is 9.28. The van der Waals surface area contributed by atoms with Crippen molar-refractivity contribution in [1.82, 2.24) is 0 Å². The minimum absolute atomic E-state index is 0. The zero-order valence-corrected chi connectivity index (χ0v) is 18.9. The van der Waals surface area contributed by atoms with E-state index in [9.17, 15) is 10.2 Å². The van der Waals surface area contributed by atoms with Gasteiger partial charge in [-0.1, -0.05) is 24.3 Å². The summed E-state index contributed by atoms with van der Waals surface area (Å²) < 4.78 is 0. The van der Waals surface area contributed by atoms with Crippen LogP contribution in [-0.2, 0) is 16.5 Å². The number of thiol groups is 2. The van der Waals surface area contributed by atoms with Crippen LogP contribution in [0.1, 0.15) is 36.8 Å². The molecule has 0 bridgehead atoms. The van der Waals surface area contributed by atoms with Gasteiger partial charge in [0.2, 0.25) is 0 Å². The first-order chi connectivity index (χ1) is 13.6. The molecule has 2 N–H and O–H groups in total. The summed E-state index contributed by atoms with van der Waals surface area (Å²) in [5.74, 6) is 0.494. The number of phenols is 2. The molecule has 0 saturated heterocycles. The van der Waals surface area contributed by atoms with Crippen LogP contribution >= 0.6 is 25.3 Å². The normalized spacial score (nSPS) is 13.4. The number of benzene rings is 2. The van der Waals surface area contributed by atoms with E-state index in [2.05, 4.69) is 35.2 Å². The van der Waals surface area contributed by atoms with Crippen molar-refractivity contribution in [2.24, 2.45) is 9.98 Å². The van der Waals surface area contributed by atoms with Crippen LogP contribution in [0.2, 0.25) is 0 Å². The van der Waals surface area contributed by atoms with Crippen molar-refractivity contribution in [3.8, 4) is 11.5 Å². The van der Waals surface area contributed by atoms with Gasteiger partial charge in [0.05, 0.1) is 0 Å². The SMILES string of the molecule is Oc1ccccc1C=NCCC(S)CCC(S)CCN=Cc1ccccc1O.[Ni]. The van der Waals surface area contributed by atoms with Gasteiger partial charge in [0.1, 0.15) is 11.5 Å². The minimum atomic E-state index is 0. The van der Waals surface area contributed by atoms with Crippen LogP contribution in [0.15, 0.2) is 58.5 Å². The molecule has 0 amide bonds. The molecular weight excluding hydrogens is 447 g/mol. The van der Waals surface area contributed by atoms with E-state index in [0.717, 1.165) is 36.8 Å². The summed E-state index contributed by atoms with van der Waals surface area (Å²) in [6.07, 6.45) is 7.15. The quantitative estimate of drug-likeness (QED) is 0.215. The Kier molecular flexibility index (Phi) is 12.8. The Hall–Kier alpha value is -1.43. The van der Waals surface area contributed by atoms with Gasteiger partial charge >= 0.3 is 0 Å². The van der Waals surface area contributed by atoms with Gasteiger partial charge in [-0.05, 0) is 49.9 Å². The topological polar surface area (TPSA) is 65.2 Å². The Morgan fingerprint density at radius 1 is 0.690 bits per heavy atom. The number of nitrogens with zero attached hydrogens (tertiary/aromatic N) is 2. The third-order valence-corrected chi connectivity index (χ3v) is 5.38. The summed E-state index contributed by atoms with van der Waals surface area (Å²) in [5, 5.41) is 19.9. The number of para-hydroxylation sites is 2. The molecule has 2 rings (SSSR count). The van der Waals surface area contributed by atoms with Crippen molar-refractivity contribution in [2.75, 3.05) is 13.1 Å². The Morgan fingerprint density at radius 2 is 1.07 bits per heavy atom. The fraction of sp³-hybridized carbons (Fsp3) is 0.364. The first-order valence-corrected chi connectivity index (χ1v) is 10.5. The molecule has 0 aliphatic carbocycles. The van der Waals surface area contributed by atoms with Gasteiger partial charge in [-0.25, -0.2) is 0 Å². The molecule has 160 valence electrons. The zero-order chi connectivity index (χ0) is 20.2. The molecule has 2 atom stereocenters. The number of rotatable bonds is 11. The molecule has 2 unspecified atom stereocenters. The van der Waals surface area contributed by atoms with E-state index in [4.69, 9.17) is 0 Å². The van der Waals surface area contributed by atoms with E-state index < -0.39 is 0 Å². The van der Waals surface area contributed by atoms with Gasteiger partial charge in [0.15, 0.2) is 0 Å². The average molecular weight is 475 g/mol. The van der Waals surface area contributed by atoms with E-state index in [1.807, 2.05) is 24.3 Å². The van der Waals surface area contributed by atoms with E-state index in [-0.39, 0.29) is 38.5 Å². The number of aromatic hydroxyl groups is 2. The maximum atomic E-state index is 9.69. The van der Waals surface area contributed by atoms with Crippen LogP contribution in [0.25, 0.3) is 0 Å². The molecule has 0 aromatic heterocycles. The average Bonchev–Trinajstić information content (AvgIpc) is 2.69. The predicted molar refractivity (Wildman–Crippen MR) is 125 cm³/mol. The standard InChI is InChI=1S/C22H28N2O2S2.Ni/c25-21-7-3-1-5-17(21)15-23-13-11-19(27)9-10-20(28)12-14-24-16-18-6-2-4-8-22(18)26;/h1-8,15-16,19-20,25-28H,9-14H2;. The Balaban J connectivity index is 0.00000420. The van der Waals surface area contributed by atoms with Crippen molar-refractivity contribution in [1.29, 1.82) is 0 Å². The van der Waals surface area contributed by atoms with Gasteiger partial charge in [0.25, 0.3) is 0 Å². The molecule has 29 heavy (non-hydrogen) atoms. The second-order valence-corrected chi connectivity index (χ2v) is 8.11. The van der Waals surface area contributed by atoms with E-state index in [1.54, 1.807) is 36.7 Å². The Labute approximate surface area is 194 Å². The maximum absolute atomic E-state index is 9.69. The molecule has 4 nitrogen and oxygen atoms in total. The van der Waals surface area contributed by atoms with E-state index in [1.165, 1.54) is 0 Å². The Bertz CT molecular complexity index is 721.